The van der Waals surface area contributed by atoms with Crippen LogP contribution in [0.4, 0.5) is 4.39 Å². The molecular formula is C14H9BrFN3O. The molecule has 0 bridgehead atoms. The lowest BCUT2D eigenvalue weighted by Crippen LogP contribution is -2.23. The van der Waals surface area contributed by atoms with Gasteiger partial charge in [0.15, 0.2) is 0 Å². The van der Waals surface area contributed by atoms with Gasteiger partial charge in [-0.15, -0.1) is 0 Å². The summed E-state index contributed by atoms with van der Waals surface area (Å²) in [4.78, 5) is 15.8. The van der Waals surface area contributed by atoms with Crippen molar-refractivity contribution in [1.82, 2.24) is 10.3 Å². The zero-order chi connectivity index (χ0) is 14.5. The molecule has 0 fully saturated rings. The van der Waals surface area contributed by atoms with Crippen molar-refractivity contribution >= 4 is 21.8 Å². The molecule has 2 rings (SSSR count). The van der Waals surface area contributed by atoms with E-state index in [4.69, 9.17) is 5.26 Å². The number of rotatable bonds is 3. The predicted octanol–water partition coefficient (Wildman–Crippen LogP) is 2.78. The Morgan fingerprint density at radius 1 is 1.40 bits per heavy atom. The van der Waals surface area contributed by atoms with Gasteiger partial charge in [-0.25, -0.2) is 9.37 Å². The Labute approximate surface area is 123 Å². The van der Waals surface area contributed by atoms with E-state index in [1.165, 1.54) is 18.3 Å². The van der Waals surface area contributed by atoms with Crippen molar-refractivity contribution in [3.8, 4) is 6.07 Å². The van der Waals surface area contributed by atoms with Crippen LogP contribution in [0.1, 0.15) is 21.5 Å². The number of nitrogens with one attached hydrogen (secondary N) is 1. The molecule has 0 saturated heterocycles. The highest BCUT2D eigenvalue weighted by Crippen LogP contribution is 2.10. The number of carbonyl (C=O) groups is 1. The molecule has 1 N–H and O–H groups in total. The second-order valence-corrected chi connectivity index (χ2v) is 4.78. The molecule has 0 saturated carbocycles. The molecule has 20 heavy (non-hydrogen) atoms. The number of amides is 1. The van der Waals surface area contributed by atoms with Crippen molar-refractivity contribution in [1.29, 1.82) is 5.26 Å². The first kappa shape index (κ1) is 14.2. The van der Waals surface area contributed by atoms with Crippen LogP contribution in [0.5, 0.6) is 0 Å². The van der Waals surface area contributed by atoms with E-state index in [1.54, 1.807) is 12.1 Å². The maximum atomic E-state index is 13.6. The minimum atomic E-state index is -0.515. The number of halogens is 2. The van der Waals surface area contributed by atoms with E-state index in [0.717, 1.165) is 6.07 Å². The highest BCUT2D eigenvalue weighted by atomic mass is 79.9. The van der Waals surface area contributed by atoms with Gasteiger partial charge in [-0.2, -0.15) is 5.26 Å². The van der Waals surface area contributed by atoms with Gasteiger partial charge in [0.05, 0.1) is 17.2 Å². The molecule has 0 atom stereocenters. The van der Waals surface area contributed by atoms with Crippen molar-refractivity contribution in [3.05, 3.63) is 63.6 Å². The fraction of sp³-hybridized carbons (Fsp3) is 0.0714. The molecule has 4 nitrogen and oxygen atoms in total. The van der Waals surface area contributed by atoms with Crippen LogP contribution in [0.3, 0.4) is 0 Å². The number of carbonyl (C=O) groups excluding carboxylic acids is 1. The van der Waals surface area contributed by atoms with E-state index in [2.05, 4.69) is 26.2 Å². The minimum absolute atomic E-state index is 0.0481. The summed E-state index contributed by atoms with van der Waals surface area (Å²) < 4.78 is 14.3. The van der Waals surface area contributed by atoms with Crippen molar-refractivity contribution in [2.24, 2.45) is 0 Å². The summed E-state index contributed by atoms with van der Waals surface area (Å²) in [5.41, 5.74) is 0.958. The summed E-state index contributed by atoms with van der Waals surface area (Å²) in [5, 5.41) is 11.2. The molecule has 0 aliphatic heterocycles. The van der Waals surface area contributed by atoms with Gasteiger partial charge in [-0.1, -0.05) is 6.07 Å². The lowest BCUT2D eigenvalue weighted by Gasteiger charge is -2.06. The van der Waals surface area contributed by atoms with Crippen LogP contribution in [0.25, 0.3) is 0 Å². The first-order valence-electron chi connectivity index (χ1n) is 5.68. The van der Waals surface area contributed by atoms with Gasteiger partial charge in [0, 0.05) is 18.3 Å². The summed E-state index contributed by atoms with van der Waals surface area (Å²) in [5.74, 6) is -0.855. The minimum Gasteiger partial charge on any atom is -0.348 e. The van der Waals surface area contributed by atoms with E-state index >= 15 is 0 Å². The van der Waals surface area contributed by atoms with Gasteiger partial charge in [0.1, 0.15) is 10.4 Å². The summed E-state index contributed by atoms with van der Waals surface area (Å²) >= 11 is 3.17. The highest BCUT2D eigenvalue weighted by Gasteiger charge is 2.08. The molecule has 0 spiro atoms. The second-order valence-electron chi connectivity index (χ2n) is 3.97. The molecule has 1 aromatic carbocycles. The van der Waals surface area contributed by atoms with Crippen LogP contribution < -0.4 is 5.32 Å². The van der Waals surface area contributed by atoms with Gasteiger partial charge in [-0.3, -0.25) is 4.79 Å². The third-order valence-electron chi connectivity index (χ3n) is 2.61. The van der Waals surface area contributed by atoms with Crippen LogP contribution >= 0.6 is 15.9 Å². The third kappa shape index (κ3) is 3.39. The molecule has 0 unspecified atom stereocenters. The van der Waals surface area contributed by atoms with Gasteiger partial charge in [0.2, 0.25) is 0 Å². The average molecular weight is 334 g/mol. The number of hydrogen-bond acceptors (Lipinski definition) is 3. The number of nitriles is 1. The summed E-state index contributed by atoms with van der Waals surface area (Å²) in [6.45, 7) is 0.0481. The van der Waals surface area contributed by atoms with Crippen LogP contribution in [-0.4, -0.2) is 10.9 Å². The van der Waals surface area contributed by atoms with E-state index in [1.807, 2.05) is 6.07 Å². The zero-order valence-electron chi connectivity index (χ0n) is 10.2. The largest absolute Gasteiger partial charge is 0.348 e. The zero-order valence-corrected chi connectivity index (χ0v) is 11.8. The molecule has 1 amide bonds. The Bertz CT molecular complexity index is 680. The standard InChI is InChI=1S/C14H9BrFN3O/c15-13-4-3-11(8-18-13)14(20)19-7-10-2-1-9(6-17)5-12(10)16/h1-5,8H,7H2,(H,19,20). The molecular weight excluding hydrogens is 325 g/mol. The normalized spacial score (nSPS) is 9.85. The molecule has 2 aromatic rings. The summed E-state index contributed by atoms with van der Waals surface area (Å²) in [7, 11) is 0. The highest BCUT2D eigenvalue weighted by molar-refractivity contribution is 9.10. The molecule has 1 aromatic heterocycles. The number of hydrogen-bond donors (Lipinski definition) is 1. The fourth-order valence-corrected chi connectivity index (χ4v) is 1.78. The number of benzene rings is 1. The first-order chi connectivity index (χ1) is 9.60. The third-order valence-corrected chi connectivity index (χ3v) is 3.08. The first-order valence-corrected chi connectivity index (χ1v) is 6.47. The van der Waals surface area contributed by atoms with E-state index < -0.39 is 5.82 Å². The van der Waals surface area contributed by atoms with Gasteiger partial charge >= 0.3 is 0 Å². The van der Waals surface area contributed by atoms with Crippen LogP contribution in [0.2, 0.25) is 0 Å². The van der Waals surface area contributed by atoms with Crippen molar-refractivity contribution in [2.45, 2.75) is 6.54 Å². The fourth-order valence-electron chi connectivity index (χ4n) is 1.55. The number of aromatic nitrogens is 1. The number of nitrogens with zero attached hydrogens (tertiary/aromatic N) is 2. The van der Waals surface area contributed by atoms with Crippen molar-refractivity contribution in [3.63, 3.8) is 0 Å². The smallest absolute Gasteiger partial charge is 0.253 e. The Morgan fingerprint density at radius 2 is 2.20 bits per heavy atom. The Morgan fingerprint density at radius 3 is 2.80 bits per heavy atom. The predicted molar refractivity (Wildman–Crippen MR) is 74.2 cm³/mol. The molecule has 6 heteroatoms. The Kier molecular flexibility index (Phi) is 4.43. The van der Waals surface area contributed by atoms with Gasteiger partial charge in [-0.05, 0) is 40.2 Å². The summed E-state index contributed by atoms with van der Waals surface area (Å²) in [6, 6.07) is 9.24. The Balaban J connectivity index is 2.04. The van der Waals surface area contributed by atoms with Gasteiger partial charge < -0.3 is 5.32 Å². The average Bonchev–Trinajstić information content (AvgIpc) is 2.46. The molecule has 0 aliphatic carbocycles. The van der Waals surface area contributed by atoms with Crippen LogP contribution in [-0.2, 0) is 6.54 Å². The quantitative estimate of drug-likeness (QED) is 0.878. The Hall–Kier alpha value is -2.26. The van der Waals surface area contributed by atoms with Crippen molar-refractivity contribution in [2.75, 3.05) is 0 Å². The molecule has 0 aliphatic rings. The maximum absolute atomic E-state index is 13.6. The van der Waals surface area contributed by atoms with Gasteiger partial charge in [0.25, 0.3) is 5.91 Å². The van der Waals surface area contributed by atoms with E-state index in [9.17, 15) is 9.18 Å². The monoisotopic (exact) mass is 333 g/mol. The molecule has 0 radical (unpaired) electrons. The maximum Gasteiger partial charge on any atom is 0.253 e. The SMILES string of the molecule is N#Cc1ccc(CNC(=O)c2ccc(Br)nc2)c(F)c1. The number of pyridine rings is 1. The lowest BCUT2D eigenvalue weighted by atomic mass is 10.1. The van der Waals surface area contributed by atoms with Crippen molar-refractivity contribution < 1.29 is 9.18 Å². The van der Waals surface area contributed by atoms with Crippen LogP contribution in [0, 0.1) is 17.1 Å². The summed E-state index contributed by atoms with van der Waals surface area (Å²) in [6.07, 6.45) is 1.43. The lowest BCUT2D eigenvalue weighted by molar-refractivity contribution is 0.0950. The van der Waals surface area contributed by atoms with E-state index in [0.29, 0.717) is 15.7 Å². The van der Waals surface area contributed by atoms with Crippen LogP contribution in [0.15, 0.2) is 41.1 Å². The molecule has 100 valence electrons. The van der Waals surface area contributed by atoms with E-state index in [-0.39, 0.29) is 18.0 Å². The molecule has 1 heterocycles. The second kappa shape index (κ2) is 6.26. The topological polar surface area (TPSA) is 65.8 Å².